The van der Waals surface area contributed by atoms with E-state index in [0.717, 1.165) is 13.0 Å². The first kappa shape index (κ1) is 17.7. The maximum atomic E-state index is 13.9. The Morgan fingerprint density at radius 1 is 1.11 bits per heavy atom. The summed E-state index contributed by atoms with van der Waals surface area (Å²) in [5, 5.41) is 9.19. The zero-order valence-electron chi connectivity index (χ0n) is 14.6. The Balaban J connectivity index is 1.63. The molecule has 4 rings (SSSR count). The minimum Gasteiger partial charge on any atom is -0.335 e. The molecule has 27 heavy (non-hydrogen) atoms. The molecule has 0 atom stereocenters. The monoisotopic (exact) mass is 383 g/mol. The van der Waals surface area contributed by atoms with Crippen molar-refractivity contribution in [3.8, 4) is 5.82 Å². The van der Waals surface area contributed by atoms with Crippen LogP contribution in [0, 0.1) is 5.82 Å². The molecule has 0 saturated carbocycles. The minimum atomic E-state index is -0.239. The first-order chi connectivity index (χ1) is 13.2. The van der Waals surface area contributed by atoms with Crippen LogP contribution in [0.4, 0.5) is 4.39 Å². The number of pyridine rings is 1. The van der Waals surface area contributed by atoms with Crippen molar-refractivity contribution in [2.45, 2.75) is 30.3 Å². The van der Waals surface area contributed by atoms with Crippen LogP contribution >= 0.6 is 11.8 Å². The normalized spacial score (nSPS) is 14.1. The Kier molecular flexibility index (Phi) is 5.15. The smallest absolute Gasteiger partial charge is 0.223 e. The van der Waals surface area contributed by atoms with Gasteiger partial charge in [0.15, 0.2) is 11.0 Å². The second-order valence-electron chi connectivity index (χ2n) is 6.22. The lowest BCUT2D eigenvalue weighted by Crippen LogP contribution is -2.25. The zero-order chi connectivity index (χ0) is 18.6. The minimum absolute atomic E-state index is 0.131. The molecule has 0 radical (unpaired) electrons. The maximum Gasteiger partial charge on any atom is 0.223 e. The van der Waals surface area contributed by atoms with Gasteiger partial charge in [-0.1, -0.05) is 36.0 Å². The van der Waals surface area contributed by atoms with Gasteiger partial charge in [0.05, 0.1) is 6.54 Å². The number of rotatable bonds is 6. The van der Waals surface area contributed by atoms with Gasteiger partial charge in [-0.15, -0.1) is 10.2 Å². The fourth-order valence-corrected chi connectivity index (χ4v) is 3.96. The van der Waals surface area contributed by atoms with Gasteiger partial charge in [-0.05, 0) is 30.2 Å². The highest BCUT2D eigenvalue weighted by Gasteiger charge is 2.24. The third kappa shape index (κ3) is 3.85. The lowest BCUT2D eigenvalue weighted by atomic mass is 10.2. The van der Waals surface area contributed by atoms with E-state index in [4.69, 9.17) is 0 Å². The van der Waals surface area contributed by atoms with Gasteiger partial charge < -0.3 is 4.90 Å². The number of nitrogens with zero attached hydrogens (tertiary/aromatic N) is 5. The maximum absolute atomic E-state index is 13.9. The van der Waals surface area contributed by atoms with Crippen molar-refractivity contribution >= 4 is 17.7 Å². The second kappa shape index (κ2) is 7.87. The molecule has 0 aliphatic carbocycles. The fourth-order valence-electron chi connectivity index (χ4n) is 3.01. The molecule has 1 aliphatic rings. The number of carbonyl (C=O) groups is 1. The molecule has 1 amide bonds. The molecule has 2 aromatic heterocycles. The van der Waals surface area contributed by atoms with E-state index < -0.39 is 0 Å². The number of benzene rings is 1. The molecular formula is C19H18FN5OS. The van der Waals surface area contributed by atoms with E-state index in [0.29, 0.717) is 41.1 Å². The molecule has 3 heterocycles. The summed E-state index contributed by atoms with van der Waals surface area (Å²) < 4.78 is 15.8. The highest BCUT2D eigenvalue weighted by molar-refractivity contribution is 7.98. The van der Waals surface area contributed by atoms with Crippen molar-refractivity contribution in [2.75, 3.05) is 6.54 Å². The Bertz CT molecular complexity index is 946. The molecule has 0 bridgehead atoms. The number of halogens is 1. The van der Waals surface area contributed by atoms with E-state index >= 15 is 0 Å². The van der Waals surface area contributed by atoms with E-state index in [1.54, 1.807) is 23.2 Å². The summed E-state index contributed by atoms with van der Waals surface area (Å²) in [4.78, 5) is 18.2. The van der Waals surface area contributed by atoms with Crippen LogP contribution in [0.5, 0.6) is 0 Å². The third-order valence-electron chi connectivity index (χ3n) is 4.40. The first-order valence-electron chi connectivity index (χ1n) is 8.72. The Hall–Kier alpha value is -2.74. The topological polar surface area (TPSA) is 63.9 Å². The third-order valence-corrected chi connectivity index (χ3v) is 5.37. The van der Waals surface area contributed by atoms with E-state index in [-0.39, 0.29) is 11.7 Å². The average Bonchev–Trinajstić information content (AvgIpc) is 3.28. The lowest BCUT2D eigenvalue weighted by molar-refractivity contribution is -0.128. The standard InChI is InChI=1S/C19H18FN5OS/c20-15-7-2-1-6-14(15)13-27-19-23-22-17(12-24-11-5-9-18(24)26)25(19)16-8-3-4-10-21-16/h1-4,6-8,10H,5,9,11-13H2. The van der Waals surface area contributed by atoms with Gasteiger partial charge in [0.2, 0.25) is 5.91 Å². The van der Waals surface area contributed by atoms with E-state index in [2.05, 4.69) is 15.2 Å². The van der Waals surface area contributed by atoms with Crippen LogP contribution < -0.4 is 0 Å². The molecule has 1 aromatic carbocycles. The average molecular weight is 383 g/mol. The van der Waals surface area contributed by atoms with Gasteiger partial charge in [0.1, 0.15) is 11.6 Å². The van der Waals surface area contributed by atoms with Crippen molar-refractivity contribution in [3.05, 3.63) is 65.9 Å². The van der Waals surface area contributed by atoms with Gasteiger partial charge >= 0.3 is 0 Å². The van der Waals surface area contributed by atoms with Crippen LogP contribution in [0.2, 0.25) is 0 Å². The number of carbonyl (C=O) groups excluding carboxylic acids is 1. The van der Waals surface area contributed by atoms with E-state index in [1.165, 1.54) is 17.8 Å². The molecule has 8 heteroatoms. The number of likely N-dealkylation sites (tertiary alicyclic amines) is 1. The van der Waals surface area contributed by atoms with Crippen LogP contribution in [0.3, 0.4) is 0 Å². The molecule has 3 aromatic rings. The summed E-state index contributed by atoms with van der Waals surface area (Å²) in [5.74, 6) is 1.66. The molecule has 0 N–H and O–H groups in total. The molecule has 1 fully saturated rings. The molecule has 1 saturated heterocycles. The highest BCUT2D eigenvalue weighted by atomic mass is 32.2. The Morgan fingerprint density at radius 3 is 2.70 bits per heavy atom. The zero-order valence-corrected chi connectivity index (χ0v) is 15.4. The quantitative estimate of drug-likeness (QED) is 0.612. The predicted molar refractivity (Wildman–Crippen MR) is 99.8 cm³/mol. The van der Waals surface area contributed by atoms with Crippen LogP contribution in [0.15, 0.2) is 53.8 Å². The fraction of sp³-hybridized carbons (Fsp3) is 0.263. The van der Waals surface area contributed by atoms with Crippen molar-refractivity contribution in [1.29, 1.82) is 0 Å². The molecule has 138 valence electrons. The van der Waals surface area contributed by atoms with Crippen molar-refractivity contribution in [1.82, 2.24) is 24.6 Å². The van der Waals surface area contributed by atoms with Gasteiger partial charge in [0.25, 0.3) is 0 Å². The summed E-state index contributed by atoms with van der Waals surface area (Å²) in [6, 6.07) is 12.3. The molecule has 1 aliphatic heterocycles. The van der Waals surface area contributed by atoms with Gasteiger partial charge in [-0.3, -0.25) is 9.36 Å². The predicted octanol–water partition coefficient (Wildman–Crippen LogP) is 3.22. The number of hydrogen-bond acceptors (Lipinski definition) is 5. The van der Waals surface area contributed by atoms with Crippen LogP contribution in [0.25, 0.3) is 5.82 Å². The van der Waals surface area contributed by atoms with Gasteiger partial charge in [-0.2, -0.15) is 0 Å². The van der Waals surface area contributed by atoms with Crippen molar-refractivity contribution in [3.63, 3.8) is 0 Å². The van der Waals surface area contributed by atoms with Crippen LogP contribution in [0.1, 0.15) is 24.2 Å². The Morgan fingerprint density at radius 2 is 1.96 bits per heavy atom. The largest absolute Gasteiger partial charge is 0.335 e. The molecular weight excluding hydrogens is 365 g/mol. The summed E-state index contributed by atoms with van der Waals surface area (Å²) in [7, 11) is 0. The number of thioether (sulfide) groups is 1. The summed E-state index contributed by atoms with van der Waals surface area (Å²) in [5.41, 5.74) is 0.606. The van der Waals surface area contributed by atoms with E-state index in [1.807, 2.05) is 28.8 Å². The summed E-state index contributed by atoms with van der Waals surface area (Å²) >= 11 is 1.39. The van der Waals surface area contributed by atoms with Gasteiger partial charge in [-0.25, -0.2) is 9.37 Å². The van der Waals surface area contributed by atoms with Crippen LogP contribution in [-0.4, -0.2) is 37.1 Å². The SMILES string of the molecule is O=C1CCCN1Cc1nnc(SCc2ccccc2F)n1-c1ccccn1. The number of amides is 1. The van der Waals surface area contributed by atoms with Gasteiger partial charge in [0, 0.05) is 24.9 Å². The first-order valence-corrected chi connectivity index (χ1v) is 9.70. The second-order valence-corrected chi connectivity index (χ2v) is 7.16. The summed E-state index contributed by atoms with van der Waals surface area (Å²) in [6.45, 7) is 1.12. The molecule has 0 spiro atoms. The van der Waals surface area contributed by atoms with Crippen molar-refractivity contribution in [2.24, 2.45) is 0 Å². The number of hydrogen-bond donors (Lipinski definition) is 0. The van der Waals surface area contributed by atoms with Crippen molar-refractivity contribution < 1.29 is 9.18 Å². The Labute approximate surface area is 160 Å². The van der Waals surface area contributed by atoms with Crippen LogP contribution in [-0.2, 0) is 17.1 Å². The highest BCUT2D eigenvalue weighted by Crippen LogP contribution is 2.26. The summed E-state index contributed by atoms with van der Waals surface area (Å²) in [6.07, 6.45) is 3.14. The molecule has 0 unspecified atom stereocenters. The number of aromatic nitrogens is 4. The van der Waals surface area contributed by atoms with E-state index in [9.17, 15) is 9.18 Å². The molecule has 6 nitrogen and oxygen atoms in total. The lowest BCUT2D eigenvalue weighted by Gasteiger charge is -2.16.